The monoisotopic (exact) mass is 156 g/mol. The van der Waals surface area contributed by atoms with E-state index in [0.717, 1.165) is 25.8 Å². The number of amides is 1. The highest BCUT2D eigenvalue weighted by Gasteiger charge is 2.27. The average molecular weight is 156 g/mol. The third-order valence-corrected chi connectivity index (χ3v) is 2.33. The van der Waals surface area contributed by atoms with E-state index in [2.05, 4.69) is 12.2 Å². The number of carbonyl (C=O) groups excluding carboxylic acids is 1. The average Bonchev–Trinajstić information content (AvgIpc) is 2.37. The first-order valence-corrected chi connectivity index (χ1v) is 4.26. The minimum absolute atomic E-state index is 0.124. The van der Waals surface area contributed by atoms with E-state index in [1.165, 1.54) is 0 Å². The molecule has 2 atom stereocenters. The zero-order valence-corrected chi connectivity index (χ0v) is 6.97. The first kappa shape index (κ1) is 8.53. The maximum Gasteiger partial charge on any atom is 0.220 e. The van der Waals surface area contributed by atoms with Crippen molar-refractivity contribution >= 4 is 5.91 Å². The summed E-state index contributed by atoms with van der Waals surface area (Å²) in [5.74, 6) is -0.00977. The molecule has 0 heterocycles. The molecule has 3 heteroatoms. The number of hydrogen-bond donors (Lipinski definition) is 2. The summed E-state index contributed by atoms with van der Waals surface area (Å²) in [6.45, 7) is 3.06. The van der Waals surface area contributed by atoms with Gasteiger partial charge in [0.05, 0.1) is 0 Å². The summed E-state index contributed by atoms with van der Waals surface area (Å²) in [5, 5.41) is 3.32. The van der Waals surface area contributed by atoms with Crippen molar-refractivity contribution in [2.24, 2.45) is 11.7 Å². The van der Waals surface area contributed by atoms with Gasteiger partial charge in [0.1, 0.15) is 0 Å². The largest absolute Gasteiger partial charge is 0.369 e. The van der Waals surface area contributed by atoms with Gasteiger partial charge in [-0.2, -0.15) is 0 Å². The molecule has 0 aliphatic heterocycles. The van der Waals surface area contributed by atoms with E-state index in [-0.39, 0.29) is 11.8 Å². The van der Waals surface area contributed by atoms with Crippen molar-refractivity contribution in [1.29, 1.82) is 0 Å². The van der Waals surface area contributed by atoms with Crippen LogP contribution in [0.25, 0.3) is 0 Å². The molecule has 1 aliphatic carbocycles. The smallest absolute Gasteiger partial charge is 0.220 e. The third kappa shape index (κ3) is 2.19. The number of hydrogen-bond acceptors (Lipinski definition) is 2. The van der Waals surface area contributed by atoms with E-state index in [1.807, 2.05) is 0 Å². The van der Waals surface area contributed by atoms with Crippen LogP contribution < -0.4 is 11.1 Å². The van der Waals surface area contributed by atoms with E-state index in [4.69, 9.17) is 5.73 Å². The van der Waals surface area contributed by atoms with Gasteiger partial charge < -0.3 is 11.1 Å². The van der Waals surface area contributed by atoms with Gasteiger partial charge in [-0.05, 0) is 25.8 Å². The SMILES string of the molecule is CCN[C@H]1CC[C@@H](C(N)=O)C1. The molecule has 1 rings (SSSR count). The lowest BCUT2D eigenvalue weighted by Crippen LogP contribution is -2.28. The summed E-state index contributed by atoms with van der Waals surface area (Å²) in [5.41, 5.74) is 5.19. The molecule has 1 aliphatic rings. The zero-order valence-electron chi connectivity index (χ0n) is 6.97. The fraction of sp³-hybridized carbons (Fsp3) is 0.875. The molecule has 1 saturated carbocycles. The Hall–Kier alpha value is -0.570. The summed E-state index contributed by atoms with van der Waals surface area (Å²) >= 11 is 0. The second-order valence-electron chi connectivity index (χ2n) is 3.17. The van der Waals surface area contributed by atoms with E-state index in [0.29, 0.717) is 6.04 Å². The summed E-state index contributed by atoms with van der Waals surface area (Å²) in [6.07, 6.45) is 3.00. The predicted molar refractivity (Wildman–Crippen MR) is 44.0 cm³/mol. The topological polar surface area (TPSA) is 55.1 Å². The molecule has 3 N–H and O–H groups in total. The van der Waals surface area contributed by atoms with E-state index >= 15 is 0 Å². The fourth-order valence-electron chi connectivity index (χ4n) is 1.71. The van der Waals surface area contributed by atoms with Crippen LogP contribution in [-0.4, -0.2) is 18.5 Å². The van der Waals surface area contributed by atoms with Crippen molar-refractivity contribution in [2.75, 3.05) is 6.54 Å². The van der Waals surface area contributed by atoms with Gasteiger partial charge in [0, 0.05) is 12.0 Å². The first-order valence-electron chi connectivity index (χ1n) is 4.26. The van der Waals surface area contributed by atoms with E-state index in [1.54, 1.807) is 0 Å². The Labute approximate surface area is 67.3 Å². The molecule has 3 nitrogen and oxygen atoms in total. The van der Waals surface area contributed by atoms with Crippen LogP contribution in [0.3, 0.4) is 0 Å². The lowest BCUT2D eigenvalue weighted by atomic mass is 10.1. The molecule has 0 saturated heterocycles. The van der Waals surface area contributed by atoms with Crippen molar-refractivity contribution in [3.8, 4) is 0 Å². The van der Waals surface area contributed by atoms with Gasteiger partial charge in [-0.15, -0.1) is 0 Å². The Morgan fingerprint density at radius 2 is 2.36 bits per heavy atom. The van der Waals surface area contributed by atoms with Crippen LogP contribution in [-0.2, 0) is 4.79 Å². The molecule has 0 bridgehead atoms. The van der Waals surface area contributed by atoms with Gasteiger partial charge in [0.15, 0.2) is 0 Å². The van der Waals surface area contributed by atoms with Crippen molar-refractivity contribution < 1.29 is 4.79 Å². The molecular weight excluding hydrogens is 140 g/mol. The standard InChI is InChI=1S/C8H16N2O/c1-2-10-7-4-3-6(5-7)8(9)11/h6-7,10H,2-5H2,1H3,(H2,9,11)/t6-,7+/m1/s1. The second kappa shape index (κ2) is 3.72. The fourth-order valence-corrected chi connectivity index (χ4v) is 1.71. The highest BCUT2D eigenvalue weighted by atomic mass is 16.1. The molecule has 0 aromatic rings. The van der Waals surface area contributed by atoms with Crippen LogP contribution in [0.2, 0.25) is 0 Å². The summed E-state index contributed by atoms with van der Waals surface area (Å²) < 4.78 is 0. The predicted octanol–water partition coefficient (Wildman–Crippen LogP) is 0.250. The first-order chi connectivity index (χ1) is 5.24. The van der Waals surface area contributed by atoms with Crippen molar-refractivity contribution in [1.82, 2.24) is 5.32 Å². The maximum absolute atomic E-state index is 10.7. The molecule has 64 valence electrons. The highest BCUT2D eigenvalue weighted by Crippen LogP contribution is 2.24. The lowest BCUT2D eigenvalue weighted by molar-refractivity contribution is -0.121. The lowest BCUT2D eigenvalue weighted by Gasteiger charge is -2.09. The number of primary amides is 1. The minimum Gasteiger partial charge on any atom is -0.369 e. The summed E-state index contributed by atoms with van der Waals surface area (Å²) in [7, 11) is 0. The summed E-state index contributed by atoms with van der Waals surface area (Å²) in [4.78, 5) is 10.7. The number of nitrogens with one attached hydrogen (secondary N) is 1. The van der Waals surface area contributed by atoms with Gasteiger partial charge in [-0.25, -0.2) is 0 Å². The molecule has 1 amide bonds. The summed E-state index contributed by atoms with van der Waals surface area (Å²) in [6, 6.07) is 0.525. The number of rotatable bonds is 3. The van der Waals surface area contributed by atoms with Crippen LogP contribution >= 0.6 is 0 Å². The van der Waals surface area contributed by atoms with E-state index < -0.39 is 0 Å². The van der Waals surface area contributed by atoms with Crippen LogP contribution in [0, 0.1) is 5.92 Å². The van der Waals surface area contributed by atoms with Gasteiger partial charge in [-0.3, -0.25) is 4.79 Å². The van der Waals surface area contributed by atoms with Crippen molar-refractivity contribution in [2.45, 2.75) is 32.2 Å². The molecular formula is C8H16N2O. The van der Waals surface area contributed by atoms with Crippen LogP contribution in [0.4, 0.5) is 0 Å². The molecule has 0 unspecified atom stereocenters. The van der Waals surface area contributed by atoms with Crippen molar-refractivity contribution in [3.05, 3.63) is 0 Å². The molecule has 11 heavy (non-hydrogen) atoms. The third-order valence-electron chi connectivity index (χ3n) is 2.33. The molecule has 0 aromatic carbocycles. The Balaban J connectivity index is 2.29. The van der Waals surface area contributed by atoms with Crippen LogP contribution in [0.1, 0.15) is 26.2 Å². The molecule has 0 aromatic heterocycles. The Morgan fingerprint density at radius 1 is 1.64 bits per heavy atom. The Bertz CT molecular complexity index is 147. The Kier molecular flexibility index (Phi) is 2.88. The van der Waals surface area contributed by atoms with Crippen LogP contribution in [0.15, 0.2) is 0 Å². The van der Waals surface area contributed by atoms with Crippen molar-refractivity contribution in [3.63, 3.8) is 0 Å². The molecule has 0 radical (unpaired) electrons. The zero-order chi connectivity index (χ0) is 8.27. The van der Waals surface area contributed by atoms with E-state index in [9.17, 15) is 4.79 Å². The van der Waals surface area contributed by atoms with Gasteiger partial charge in [0.2, 0.25) is 5.91 Å². The maximum atomic E-state index is 10.7. The second-order valence-corrected chi connectivity index (χ2v) is 3.17. The number of nitrogens with two attached hydrogens (primary N) is 1. The minimum atomic E-state index is -0.134. The molecule has 1 fully saturated rings. The van der Waals surface area contributed by atoms with Gasteiger partial charge in [-0.1, -0.05) is 6.92 Å². The van der Waals surface area contributed by atoms with Gasteiger partial charge >= 0.3 is 0 Å². The van der Waals surface area contributed by atoms with Gasteiger partial charge in [0.25, 0.3) is 0 Å². The normalized spacial score (nSPS) is 30.6. The molecule has 0 spiro atoms. The highest BCUT2D eigenvalue weighted by molar-refractivity contribution is 5.76. The van der Waals surface area contributed by atoms with Crippen LogP contribution in [0.5, 0.6) is 0 Å². The Morgan fingerprint density at radius 3 is 2.82 bits per heavy atom. The quantitative estimate of drug-likeness (QED) is 0.615. The number of carbonyl (C=O) groups is 1.